The first-order valence-electron chi connectivity index (χ1n) is 5.99. The van der Waals surface area contributed by atoms with Gasteiger partial charge in [0.1, 0.15) is 5.82 Å². The second-order valence-corrected chi connectivity index (χ2v) is 4.39. The van der Waals surface area contributed by atoms with E-state index in [2.05, 4.69) is 23.7 Å². The predicted molar refractivity (Wildman–Crippen MR) is 62.2 cm³/mol. The average Bonchev–Trinajstić information content (AvgIpc) is 2.57. The molecule has 1 aliphatic rings. The van der Waals surface area contributed by atoms with Crippen LogP contribution in [0.2, 0.25) is 0 Å². The van der Waals surface area contributed by atoms with Crippen LogP contribution in [-0.4, -0.2) is 23.1 Å². The molecule has 1 aromatic rings. The number of imidazole rings is 1. The molecule has 2 rings (SSSR count). The summed E-state index contributed by atoms with van der Waals surface area (Å²) in [7, 11) is 2.03. The van der Waals surface area contributed by atoms with Gasteiger partial charge in [0.2, 0.25) is 0 Å². The van der Waals surface area contributed by atoms with Crippen LogP contribution < -0.4 is 5.32 Å². The smallest absolute Gasteiger partial charge is 0.109 e. The molecule has 3 heteroatoms. The summed E-state index contributed by atoms with van der Waals surface area (Å²) in [5.41, 5.74) is 2.67. The average molecular weight is 207 g/mol. The molecule has 84 valence electrons. The summed E-state index contributed by atoms with van der Waals surface area (Å²) in [5.74, 6) is 1.30. The van der Waals surface area contributed by atoms with Crippen LogP contribution in [0.3, 0.4) is 0 Å². The van der Waals surface area contributed by atoms with Crippen LogP contribution in [-0.2, 0) is 12.8 Å². The quantitative estimate of drug-likeness (QED) is 0.819. The van der Waals surface area contributed by atoms with Gasteiger partial charge in [0.25, 0.3) is 0 Å². The summed E-state index contributed by atoms with van der Waals surface area (Å²) in [4.78, 5) is 4.74. The minimum absolute atomic E-state index is 0.617. The maximum atomic E-state index is 4.74. The maximum absolute atomic E-state index is 4.74. The number of fused-ring (bicyclic) bond motifs is 1. The highest BCUT2D eigenvalue weighted by Gasteiger charge is 2.23. The number of nitrogens with zero attached hydrogens (tertiary/aromatic N) is 2. The van der Waals surface area contributed by atoms with Crippen molar-refractivity contribution in [3.05, 3.63) is 17.2 Å². The molecule has 3 nitrogen and oxygen atoms in total. The van der Waals surface area contributed by atoms with Crippen molar-refractivity contribution < 1.29 is 0 Å². The van der Waals surface area contributed by atoms with Crippen molar-refractivity contribution in [1.29, 1.82) is 0 Å². The summed E-state index contributed by atoms with van der Waals surface area (Å²) < 4.78 is 2.46. The van der Waals surface area contributed by atoms with Crippen LogP contribution in [0.15, 0.2) is 0 Å². The molecule has 2 heterocycles. The predicted octanol–water partition coefficient (Wildman–Crippen LogP) is 1.85. The van der Waals surface area contributed by atoms with Gasteiger partial charge in [-0.1, -0.05) is 6.92 Å². The minimum Gasteiger partial charge on any atom is -0.328 e. The summed E-state index contributed by atoms with van der Waals surface area (Å²) >= 11 is 0. The molecule has 0 spiro atoms. The highest BCUT2D eigenvalue weighted by molar-refractivity contribution is 5.18. The summed E-state index contributed by atoms with van der Waals surface area (Å²) in [6.45, 7) is 5.46. The molecule has 1 atom stereocenters. The molecule has 1 unspecified atom stereocenters. The first-order chi connectivity index (χ1) is 7.27. The van der Waals surface area contributed by atoms with Crippen LogP contribution in [0.4, 0.5) is 0 Å². The second-order valence-electron chi connectivity index (χ2n) is 4.39. The number of hydrogen-bond donors (Lipinski definition) is 1. The SMILES string of the molecule is CCc1nc2n(c1C)C(CNC)CCC2. The molecule has 1 N–H and O–H groups in total. The third-order valence-electron chi connectivity index (χ3n) is 3.40. The van der Waals surface area contributed by atoms with E-state index < -0.39 is 0 Å². The standard InChI is InChI=1S/C12H21N3/c1-4-11-9(2)15-10(8-13-3)6-5-7-12(15)14-11/h10,13H,4-8H2,1-3H3. The Labute approximate surface area is 91.9 Å². The molecule has 0 saturated heterocycles. The van der Waals surface area contributed by atoms with E-state index in [1.165, 1.54) is 30.1 Å². The van der Waals surface area contributed by atoms with Crippen molar-refractivity contribution >= 4 is 0 Å². The lowest BCUT2D eigenvalue weighted by Crippen LogP contribution is -2.27. The Kier molecular flexibility index (Phi) is 3.10. The first kappa shape index (κ1) is 10.7. The van der Waals surface area contributed by atoms with E-state index >= 15 is 0 Å². The van der Waals surface area contributed by atoms with Gasteiger partial charge in [-0.15, -0.1) is 0 Å². The van der Waals surface area contributed by atoms with Gasteiger partial charge in [0.05, 0.1) is 5.69 Å². The molecule has 0 bridgehead atoms. The number of rotatable bonds is 3. The zero-order valence-electron chi connectivity index (χ0n) is 10.0. The Morgan fingerprint density at radius 1 is 1.53 bits per heavy atom. The van der Waals surface area contributed by atoms with E-state index in [9.17, 15) is 0 Å². The van der Waals surface area contributed by atoms with Crippen molar-refractivity contribution in [3.63, 3.8) is 0 Å². The van der Waals surface area contributed by atoms with Gasteiger partial charge in [-0.3, -0.25) is 0 Å². The Bertz CT molecular complexity index is 341. The zero-order chi connectivity index (χ0) is 10.8. The highest BCUT2D eigenvalue weighted by Crippen LogP contribution is 2.27. The molecule has 1 aliphatic heterocycles. The fourth-order valence-electron chi connectivity index (χ4n) is 2.67. The van der Waals surface area contributed by atoms with Crippen molar-refractivity contribution in [2.75, 3.05) is 13.6 Å². The molecule has 1 aromatic heterocycles. The van der Waals surface area contributed by atoms with Gasteiger partial charge in [-0.05, 0) is 33.2 Å². The van der Waals surface area contributed by atoms with E-state index in [0.717, 1.165) is 19.4 Å². The van der Waals surface area contributed by atoms with Crippen LogP contribution in [0.5, 0.6) is 0 Å². The number of hydrogen-bond acceptors (Lipinski definition) is 2. The fourth-order valence-corrected chi connectivity index (χ4v) is 2.67. The van der Waals surface area contributed by atoms with Gasteiger partial charge >= 0.3 is 0 Å². The molecule has 0 fully saturated rings. The zero-order valence-corrected chi connectivity index (χ0v) is 10.0. The van der Waals surface area contributed by atoms with Crippen LogP contribution in [0.25, 0.3) is 0 Å². The van der Waals surface area contributed by atoms with Crippen molar-refractivity contribution in [2.45, 2.75) is 45.6 Å². The first-order valence-corrected chi connectivity index (χ1v) is 5.99. The Morgan fingerprint density at radius 2 is 2.33 bits per heavy atom. The number of likely N-dealkylation sites (N-methyl/N-ethyl adjacent to an activating group) is 1. The number of aromatic nitrogens is 2. The van der Waals surface area contributed by atoms with E-state index in [-0.39, 0.29) is 0 Å². The molecule has 0 amide bonds. The molecule has 0 saturated carbocycles. The lowest BCUT2D eigenvalue weighted by atomic mass is 10.0. The van der Waals surface area contributed by atoms with Gasteiger partial charge in [0.15, 0.2) is 0 Å². The summed E-state index contributed by atoms with van der Waals surface area (Å²) in [6, 6.07) is 0.617. The van der Waals surface area contributed by atoms with E-state index in [4.69, 9.17) is 4.98 Å². The van der Waals surface area contributed by atoms with E-state index in [1.807, 2.05) is 7.05 Å². The lowest BCUT2D eigenvalue weighted by Gasteiger charge is -2.26. The maximum Gasteiger partial charge on any atom is 0.109 e. The summed E-state index contributed by atoms with van der Waals surface area (Å²) in [5, 5.41) is 3.28. The number of aryl methyl sites for hydroxylation is 2. The van der Waals surface area contributed by atoms with E-state index in [0.29, 0.717) is 6.04 Å². The summed E-state index contributed by atoms with van der Waals surface area (Å²) in [6.07, 6.45) is 4.78. The van der Waals surface area contributed by atoms with Gasteiger partial charge < -0.3 is 9.88 Å². The Hall–Kier alpha value is -0.830. The molecule has 0 radical (unpaired) electrons. The molecule has 0 aliphatic carbocycles. The number of nitrogens with one attached hydrogen (secondary N) is 1. The molecule has 15 heavy (non-hydrogen) atoms. The third-order valence-corrected chi connectivity index (χ3v) is 3.40. The molecular formula is C12H21N3. The van der Waals surface area contributed by atoms with Crippen molar-refractivity contribution in [3.8, 4) is 0 Å². The lowest BCUT2D eigenvalue weighted by molar-refractivity contribution is 0.380. The normalized spacial score (nSPS) is 20.3. The Balaban J connectivity index is 2.36. The van der Waals surface area contributed by atoms with Gasteiger partial charge in [-0.25, -0.2) is 4.98 Å². The third kappa shape index (κ3) is 1.81. The fraction of sp³-hybridized carbons (Fsp3) is 0.750. The van der Waals surface area contributed by atoms with E-state index in [1.54, 1.807) is 0 Å². The molecule has 0 aromatic carbocycles. The van der Waals surface area contributed by atoms with Crippen LogP contribution >= 0.6 is 0 Å². The topological polar surface area (TPSA) is 29.9 Å². The van der Waals surface area contributed by atoms with Gasteiger partial charge in [0, 0.05) is 24.7 Å². The van der Waals surface area contributed by atoms with Crippen LogP contribution in [0.1, 0.15) is 43.0 Å². The minimum atomic E-state index is 0.617. The second kappa shape index (κ2) is 4.35. The largest absolute Gasteiger partial charge is 0.328 e. The van der Waals surface area contributed by atoms with Gasteiger partial charge in [-0.2, -0.15) is 0 Å². The van der Waals surface area contributed by atoms with Crippen molar-refractivity contribution in [1.82, 2.24) is 14.9 Å². The highest BCUT2D eigenvalue weighted by atomic mass is 15.1. The molecular weight excluding hydrogens is 186 g/mol. The van der Waals surface area contributed by atoms with Crippen molar-refractivity contribution in [2.24, 2.45) is 0 Å². The van der Waals surface area contributed by atoms with Crippen LogP contribution in [0, 0.1) is 6.92 Å². The Morgan fingerprint density at radius 3 is 3.00 bits per heavy atom. The monoisotopic (exact) mass is 207 g/mol.